The third-order valence-corrected chi connectivity index (χ3v) is 7.30. The van der Waals surface area contributed by atoms with E-state index in [1.165, 1.54) is 16.4 Å². The molecule has 0 unspecified atom stereocenters. The zero-order valence-corrected chi connectivity index (χ0v) is 20.1. The molecule has 8 heteroatoms. The molecule has 0 bridgehead atoms. The Morgan fingerprint density at radius 1 is 0.938 bits per heavy atom. The minimum atomic E-state index is -3.84. The summed E-state index contributed by atoms with van der Waals surface area (Å²) in [6, 6.07) is 23.3. The van der Waals surface area contributed by atoms with E-state index < -0.39 is 10.0 Å². The van der Waals surface area contributed by atoms with Crippen molar-refractivity contribution in [2.75, 3.05) is 20.2 Å². The first-order valence-corrected chi connectivity index (χ1v) is 12.3. The third-order valence-electron chi connectivity index (χ3n) is 4.91. The van der Waals surface area contributed by atoms with Gasteiger partial charge in [-0.3, -0.25) is 4.79 Å². The Morgan fingerprint density at radius 2 is 1.59 bits per heavy atom. The lowest BCUT2D eigenvalue weighted by atomic mass is 10.1. The van der Waals surface area contributed by atoms with Crippen molar-refractivity contribution in [1.82, 2.24) is 9.62 Å². The number of ether oxygens (including phenoxy) is 1. The molecule has 0 aliphatic heterocycles. The molecule has 3 aromatic rings. The summed E-state index contributed by atoms with van der Waals surface area (Å²) in [5.74, 6) is 0.363. The molecule has 0 aromatic heterocycles. The van der Waals surface area contributed by atoms with Crippen molar-refractivity contribution in [3.8, 4) is 5.75 Å². The zero-order valence-electron chi connectivity index (χ0n) is 17.7. The van der Waals surface area contributed by atoms with Gasteiger partial charge >= 0.3 is 0 Å². The van der Waals surface area contributed by atoms with Gasteiger partial charge in [0.15, 0.2) is 0 Å². The van der Waals surface area contributed by atoms with E-state index >= 15 is 0 Å². The van der Waals surface area contributed by atoms with Crippen molar-refractivity contribution in [3.63, 3.8) is 0 Å². The minimum Gasteiger partial charge on any atom is -0.497 e. The summed E-state index contributed by atoms with van der Waals surface area (Å²) in [7, 11) is -2.25. The van der Waals surface area contributed by atoms with Crippen molar-refractivity contribution >= 4 is 31.9 Å². The first-order chi connectivity index (χ1) is 15.4. The Balaban J connectivity index is 1.71. The first-order valence-electron chi connectivity index (χ1n) is 10.1. The summed E-state index contributed by atoms with van der Waals surface area (Å²) in [5, 5.41) is 2.80. The molecule has 6 nitrogen and oxygen atoms in total. The molecule has 168 valence electrons. The summed E-state index contributed by atoms with van der Waals surface area (Å²) >= 11 is 3.32. The van der Waals surface area contributed by atoms with Crippen LogP contribution in [0.5, 0.6) is 5.75 Å². The second-order valence-electron chi connectivity index (χ2n) is 7.15. The number of halogens is 1. The lowest BCUT2D eigenvalue weighted by Gasteiger charge is -2.22. The van der Waals surface area contributed by atoms with Crippen molar-refractivity contribution in [1.29, 1.82) is 0 Å². The van der Waals surface area contributed by atoms with E-state index in [0.717, 1.165) is 21.3 Å². The van der Waals surface area contributed by atoms with Gasteiger partial charge in [0.1, 0.15) is 5.75 Å². The van der Waals surface area contributed by atoms with Crippen molar-refractivity contribution in [3.05, 3.63) is 94.5 Å². The summed E-state index contributed by atoms with van der Waals surface area (Å²) < 4.78 is 33.7. The van der Waals surface area contributed by atoms with Crippen LogP contribution in [-0.2, 0) is 27.8 Å². The normalized spacial score (nSPS) is 11.3. The molecule has 0 fully saturated rings. The molecule has 3 aromatic carbocycles. The maximum Gasteiger partial charge on any atom is 0.243 e. The van der Waals surface area contributed by atoms with Crippen molar-refractivity contribution in [2.45, 2.75) is 17.9 Å². The summed E-state index contributed by atoms with van der Waals surface area (Å²) in [4.78, 5) is 12.8. The van der Waals surface area contributed by atoms with Crippen molar-refractivity contribution < 1.29 is 17.9 Å². The molecule has 0 aliphatic rings. The highest BCUT2D eigenvalue weighted by Crippen LogP contribution is 2.19. The molecule has 0 saturated carbocycles. The highest BCUT2D eigenvalue weighted by molar-refractivity contribution is 9.10. The van der Waals surface area contributed by atoms with E-state index in [9.17, 15) is 13.2 Å². The first kappa shape index (κ1) is 24.0. The molecule has 1 N–H and O–H groups in total. The SMILES string of the molecule is COc1ccc(CNC(=O)CN(CCc2ccccc2)S(=O)(=O)c2ccc(Br)cc2)cc1. The van der Waals surface area contributed by atoms with E-state index in [1.54, 1.807) is 19.2 Å². The molecule has 1 amide bonds. The molecule has 0 aliphatic carbocycles. The number of carbonyl (C=O) groups excluding carboxylic acids is 1. The van der Waals surface area contributed by atoms with E-state index in [0.29, 0.717) is 13.0 Å². The molecular formula is C24H25BrN2O4S. The molecular weight excluding hydrogens is 492 g/mol. The fourth-order valence-electron chi connectivity index (χ4n) is 3.10. The lowest BCUT2D eigenvalue weighted by Crippen LogP contribution is -2.41. The van der Waals surface area contributed by atoms with Gasteiger partial charge in [0, 0.05) is 17.6 Å². The topological polar surface area (TPSA) is 75.7 Å². The number of amides is 1. The Bertz CT molecular complexity index is 1120. The predicted octanol–water partition coefficient (Wildman–Crippen LogP) is 4.01. The van der Waals surface area contributed by atoms with Crippen LogP contribution in [0.1, 0.15) is 11.1 Å². The average Bonchev–Trinajstić information content (AvgIpc) is 2.81. The smallest absolute Gasteiger partial charge is 0.243 e. The van der Waals surface area contributed by atoms with E-state index in [4.69, 9.17) is 4.74 Å². The van der Waals surface area contributed by atoms with Gasteiger partial charge in [0.25, 0.3) is 0 Å². The van der Waals surface area contributed by atoms with Gasteiger partial charge in [-0.05, 0) is 53.9 Å². The number of carbonyl (C=O) groups is 1. The molecule has 3 rings (SSSR count). The largest absolute Gasteiger partial charge is 0.497 e. The maximum absolute atomic E-state index is 13.3. The minimum absolute atomic E-state index is 0.150. The molecule has 0 radical (unpaired) electrons. The van der Waals surface area contributed by atoms with Crippen LogP contribution in [0.2, 0.25) is 0 Å². The Labute approximate surface area is 197 Å². The van der Waals surface area contributed by atoms with Gasteiger partial charge in [0.2, 0.25) is 15.9 Å². The monoisotopic (exact) mass is 516 g/mol. The van der Waals surface area contributed by atoms with Crippen LogP contribution < -0.4 is 10.1 Å². The highest BCUT2D eigenvalue weighted by Gasteiger charge is 2.26. The van der Waals surface area contributed by atoms with Crippen LogP contribution in [0.25, 0.3) is 0 Å². The van der Waals surface area contributed by atoms with Gasteiger partial charge in [-0.25, -0.2) is 8.42 Å². The van der Waals surface area contributed by atoms with E-state index in [2.05, 4.69) is 21.2 Å². The van der Waals surface area contributed by atoms with Crippen LogP contribution in [0.4, 0.5) is 0 Å². The van der Waals surface area contributed by atoms with Gasteiger partial charge in [-0.15, -0.1) is 0 Å². The number of nitrogens with zero attached hydrogens (tertiary/aromatic N) is 1. The van der Waals surface area contributed by atoms with Crippen LogP contribution >= 0.6 is 15.9 Å². The standard InChI is InChI=1S/C24H25BrN2O4S/c1-31-22-11-7-20(8-12-22)17-26-24(28)18-27(16-15-19-5-3-2-4-6-19)32(29,30)23-13-9-21(25)10-14-23/h2-14H,15-18H2,1H3,(H,26,28). The van der Waals surface area contributed by atoms with E-state index in [-0.39, 0.29) is 23.9 Å². The summed E-state index contributed by atoms with van der Waals surface area (Å²) in [5.41, 5.74) is 1.90. The Hall–Kier alpha value is -2.68. The zero-order chi connectivity index (χ0) is 23.0. The Kier molecular flexibility index (Phi) is 8.44. The number of sulfonamides is 1. The van der Waals surface area contributed by atoms with Gasteiger partial charge in [-0.2, -0.15) is 4.31 Å². The molecule has 0 spiro atoms. The molecule has 0 saturated heterocycles. The molecule has 32 heavy (non-hydrogen) atoms. The quantitative estimate of drug-likeness (QED) is 0.441. The van der Waals surface area contributed by atoms with Crippen LogP contribution in [-0.4, -0.2) is 38.8 Å². The number of nitrogens with one attached hydrogen (secondary N) is 1. The van der Waals surface area contributed by atoms with E-state index in [1.807, 2.05) is 54.6 Å². The number of methoxy groups -OCH3 is 1. The number of rotatable bonds is 10. The average molecular weight is 517 g/mol. The Morgan fingerprint density at radius 3 is 2.22 bits per heavy atom. The number of hydrogen-bond acceptors (Lipinski definition) is 4. The lowest BCUT2D eigenvalue weighted by molar-refractivity contribution is -0.121. The van der Waals surface area contributed by atoms with Gasteiger partial charge in [0.05, 0.1) is 18.6 Å². The molecule has 0 heterocycles. The van der Waals surface area contributed by atoms with Crippen LogP contribution in [0.3, 0.4) is 0 Å². The fourth-order valence-corrected chi connectivity index (χ4v) is 4.76. The fraction of sp³-hybridized carbons (Fsp3) is 0.208. The third kappa shape index (κ3) is 6.66. The highest BCUT2D eigenvalue weighted by atomic mass is 79.9. The van der Waals surface area contributed by atoms with Crippen molar-refractivity contribution in [2.24, 2.45) is 0 Å². The second kappa shape index (κ2) is 11.3. The van der Waals surface area contributed by atoms with Crippen LogP contribution in [0, 0.1) is 0 Å². The maximum atomic E-state index is 13.3. The van der Waals surface area contributed by atoms with Gasteiger partial charge in [-0.1, -0.05) is 58.4 Å². The predicted molar refractivity (Wildman–Crippen MR) is 128 cm³/mol. The summed E-state index contributed by atoms with van der Waals surface area (Å²) in [6.07, 6.45) is 0.502. The second-order valence-corrected chi connectivity index (χ2v) is 10.0. The van der Waals surface area contributed by atoms with Crippen LogP contribution in [0.15, 0.2) is 88.2 Å². The number of benzene rings is 3. The number of hydrogen-bond donors (Lipinski definition) is 1. The summed E-state index contributed by atoms with van der Waals surface area (Å²) in [6.45, 7) is 0.230. The molecule has 0 atom stereocenters. The van der Waals surface area contributed by atoms with Gasteiger partial charge < -0.3 is 10.1 Å².